The van der Waals surface area contributed by atoms with E-state index in [-0.39, 0.29) is 17.4 Å². The largest absolute Gasteiger partial charge is 0.469 e. The molecule has 0 aliphatic heterocycles. The number of carbonyl (C=O) groups excluding carboxylic acids is 2. The van der Waals surface area contributed by atoms with Crippen LogP contribution in [0.25, 0.3) is 10.9 Å². The van der Waals surface area contributed by atoms with Crippen LogP contribution in [0.2, 0.25) is 0 Å². The highest BCUT2D eigenvalue weighted by atomic mass is 16.5. The fourth-order valence-electron chi connectivity index (χ4n) is 3.00. The monoisotopic (exact) mass is 408 g/mol. The summed E-state index contributed by atoms with van der Waals surface area (Å²) in [6.45, 7) is 0.525. The SMILES string of the molecule is COC(=O)CCCCCNC(=O)c1cccc(Nc2nc3ccccc3c(=O)[nH]2)c1. The number of amides is 1. The Morgan fingerprint density at radius 1 is 1.07 bits per heavy atom. The lowest BCUT2D eigenvalue weighted by molar-refractivity contribution is -0.140. The van der Waals surface area contributed by atoms with Gasteiger partial charge in [-0.1, -0.05) is 24.6 Å². The number of unbranched alkanes of at least 4 members (excludes halogenated alkanes) is 2. The molecule has 156 valence electrons. The highest BCUT2D eigenvalue weighted by molar-refractivity contribution is 5.95. The number of carbonyl (C=O) groups is 2. The average molecular weight is 408 g/mol. The first-order chi connectivity index (χ1) is 14.6. The molecule has 3 N–H and O–H groups in total. The molecule has 2 aromatic carbocycles. The Kier molecular flexibility index (Phi) is 7.15. The van der Waals surface area contributed by atoms with Crippen molar-refractivity contribution in [1.82, 2.24) is 15.3 Å². The van der Waals surface area contributed by atoms with Crippen LogP contribution in [0, 0.1) is 0 Å². The predicted molar refractivity (Wildman–Crippen MR) is 115 cm³/mol. The molecule has 0 unspecified atom stereocenters. The maximum atomic E-state index is 12.4. The molecule has 8 nitrogen and oxygen atoms in total. The number of para-hydroxylation sites is 1. The van der Waals surface area contributed by atoms with Gasteiger partial charge in [0.1, 0.15) is 0 Å². The molecule has 1 aromatic heterocycles. The van der Waals surface area contributed by atoms with Gasteiger partial charge in [-0.2, -0.15) is 0 Å². The van der Waals surface area contributed by atoms with Gasteiger partial charge >= 0.3 is 5.97 Å². The van der Waals surface area contributed by atoms with E-state index in [9.17, 15) is 14.4 Å². The number of rotatable bonds is 9. The summed E-state index contributed by atoms with van der Waals surface area (Å²) < 4.78 is 4.60. The van der Waals surface area contributed by atoms with Crippen molar-refractivity contribution < 1.29 is 14.3 Å². The van der Waals surface area contributed by atoms with E-state index in [0.29, 0.717) is 41.1 Å². The second-order valence-electron chi connectivity index (χ2n) is 6.78. The van der Waals surface area contributed by atoms with Crippen LogP contribution in [0.1, 0.15) is 36.0 Å². The minimum Gasteiger partial charge on any atom is -0.469 e. The van der Waals surface area contributed by atoms with Gasteiger partial charge in [-0.25, -0.2) is 4.98 Å². The number of hydrogen-bond acceptors (Lipinski definition) is 6. The highest BCUT2D eigenvalue weighted by Crippen LogP contribution is 2.16. The molecular formula is C22H24N4O4. The van der Waals surface area contributed by atoms with E-state index in [1.165, 1.54) is 7.11 Å². The Hall–Kier alpha value is -3.68. The number of esters is 1. The van der Waals surface area contributed by atoms with Crippen LogP contribution < -0.4 is 16.2 Å². The highest BCUT2D eigenvalue weighted by Gasteiger charge is 2.08. The van der Waals surface area contributed by atoms with Crippen molar-refractivity contribution in [2.45, 2.75) is 25.7 Å². The van der Waals surface area contributed by atoms with Crippen LogP contribution in [0.4, 0.5) is 11.6 Å². The second-order valence-corrected chi connectivity index (χ2v) is 6.78. The van der Waals surface area contributed by atoms with E-state index >= 15 is 0 Å². The molecule has 30 heavy (non-hydrogen) atoms. The molecule has 0 saturated carbocycles. The van der Waals surface area contributed by atoms with Crippen LogP contribution in [0.5, 0.6) is 0 Å². The van der Waals surface area contributed by atoms with Gasteiger partial charge in [-0.3, -0.25) is 19.4 Å². The number of anilines is 2. The second kappa shape index (κ2) is 10.2. The summed E-state index contributed by atoms with van der Waals surface area (Å²) in [6.07, 6.45) is 2.74. The molecule has 0 atom stereocenters. The van der Waals surface area contributed by atoms with E-state index in [4.69, 9.17) is 0 Å². The summed E-state index contributed by atoms with van der Waals surface area (Å²) in [4.78, 5) is 42.7. The Balaban J connectivity index is 1.56. The van der Waals surface area contributed by atoms with Crippen LogP contribution in [-0.2, 0) is 9.53 Å². The van der Waals surface area contributed by atoms with Crippen molar-refractivity contribution in [2.75, 3.05) is 19.0 Å². The average Bonchev–Trinajstić information content (AvgIpc) is 2.76. The van der Waals surface area contributed by atoms with Crippen LogP contribution in [-0.4, -0.2) is 35.5 Å². The lowest BCUT2D eigenvalue weighted by atomic mass is 10.1. The summed E-state index contributed by atoms with van der Waals surface area (Å²) in [5.74, 6) is -0.0981. The van der Waals surface area contributed by atoms with E-state index in [1.54, 1.807) is 42.5 Å². The summed E-state index contributed by atoms with van der Waals surface area (Å²) in [5.41, 5.74) is 1.49. The third-order valence-electron chi connectivity index (χ3n) is 4.57. The summed E-state index contributed by atoms with van der Waals surface area (Å²) in [6, 6.07) is 14.0. The molecule has 0 aliphatic rings. The zero-order valence-corrected chi connectivity index (χ0v) is 16.7. The third-order valence-corrected chi connectivity index (χ3v) is 4.57. The topological polar surface area (TPSA) is 113 Å². The zero-order valence-electron chi connectivity index (χ0n) is 16.7. The van der Waals surface area contributed by atoms with Gasteiger partial charge in [0.25, 0.3) is 11.5 Å². The minimum atomic E-state index is -0.232. The molecule has 0 saturated heterocycles. The van der Waals surface area contributed by atoms with Gasteiger partial charge in [0.15, 0.2) is 0 Å². The number of nitrogens with one attached hydrogen (secondary N) is 3. The van der Waals surface area contributed by atoms with Crippen molar-refractivity contribution in [3.63, 3.8) is 0 Å². The lowest BCUT2D eigenvalue weighted by Crippen LogP contribution is -2.24. The smallest absolute Gasteiger partial charge is 0.305 e. The van der Waals surface area contributed by atoms with Crippen molar-refractivity contribution in [1.29, 1.82) is 0 Å². The van der Waals surface area contributed by atoms with Gasteiger partial charge in [-0.05, 0) is 43.2 Å². The third kappa shape index (κ3) is 5.66. The number of aromatic nitrogens is 2. The molecule has 0 aliphatic carbocycles. The van der Waals surface area contributed by atoms with Crippen molar-refractivity contribution >= 4 is 34.4 Å². The molecule has 0 radical (unpaired) electrons. The number of benzene rings is 2. The molecule has 1 heterocycles. The van der Waals surface area contributed by atoms with Crippen LogP contribution >= 0.6 is 0 Å². The van der Waals surface area contributed by atoms with Crippen molar-refractivity contribution in [3.8, 4) is 0 Å². The number of H-pyrrole nitrogens is 1. The van der Waals surface area contributed by atoms with E-state index in [0.717, 1.165) is 19.3 Å². The van der Waals surface area contributed by atoms with Crippen molar-refractivity contribution in [3.05, 3.63) is 64.4 Å². The first-order valence-corrected chi connectivity index (χ1v) is 9.78. The van der Waals surface area contributed by atoms with Gasteiger partial charge in [-0.15, -0.1) is 0 Å². The van der Waals surface area contributed by atoms with Crippen LogP contribution in [0.3, 0.4) is 0 Å². The van der Waals surface area contributed by atoms with Gasteiger partial charge in [0, 0.05) is 24.2 Å². The fourth-order valence-corrected chi connectivity index (χ4v) is 3.00. The number of fused-ring (bicyclic) bond motifs is 1. The van der Waals surface area contributed by atoms with Crippen LogP contribution in [0.15, 0.2) is 53.3 Å². The predicted octanol–water partition coefficient (Wildman–Crippen LogP) is 3.13. The summed E-state index contributed by atoms with van der Waals surface area (Å²) in [5, 5.41) is 6.43. The molecule has 0 bridgehead atoms. The molecule has 0 fully saturated rings. The summed E-state index contributed by atoms with van der Waals surface area (Å²) >= 11 is 0. The van der Waals surface area contributed by atoms with E-state index < -0.39 is 0 Å². The number of hydrogen-bond donors (Lipinski definition) is 3. The maximum absolute atomic E-state index is 12.4. The van der Waals surface area contributed by atoms with Crippen molar-refractivity contribution in [2.24, 2.45) is 0 Å². The molecule has 0 spiro atoms. The van der Waals surface area contributed by atoms with Gasteiger partial charge < -0.3 is 15.4 Å². The summed E-state index contributed by atoms with van der Waals surface area (Å²) in [7, 11) is 1.37. The minimum absolute atomic E-state index is 0.188. The quantitative estimate of drug-likeness (QED) is 0.370. The first-order valence-electron chi connectivity index (χ1n) is 9.78. The van der Waals surface area contributed by atoms with E-state index in [2.05, 4.69) is 25.3 Å². The first kappa shape index (κ1) is 21.0. The van der Waals surface area contributed by atoms with Gasteiger partial charge in [0.2, 0.25) is 5.95 Å². The number of nitrogens with zero attached hydrogens (tertiary/aromatic N) is 1. The fraction of sp³-hybridized carbons (Fsp3) is 0.273. The standard InChI is InChI=1S/C22H24N4O4/c1-30-19(27)12-3-2-6-13-23-20(28)15-8-7-9-16(14-15)24-22-25-18-11-5-4-10-17(18)21(29)26-22/h4-5,7-11,14H,2-3,6,12-13H2,1H3,(H,23,28)(H2,24,25,26,29). The number of aromatic amines is 1. The molecular weight excluding hydrogens is 384 g/mol. The molecule has 3 rings (SSSR count). The number of methoxy groups -OCH3 is 1. The number of ether oxygens (including phenoxy) is 1. The normalized spacial score (nSPS) is 10.6. The molecule has 1 amide bonds. The Labute approximate surface area is 173 Å². The molecule has 8 heteroatoms. The lowest BCUT2D eigenvalue weighted by Gasteiger charge is -2.09. The van der Waals surface area contributed by atoms with E-state index in [1.807, 2.05) is 6.07 Å². The maximum Gasteiger partial charge on any atom is 0.305 e. The van der Waals surface area contributed by atoms with Gasteiger partial charge in [0.05, 0.1) is 18.0 Å². The Bertz CT molecular complexity index is 1090. The zero-order chi connectivity index (χ0) is 21.3. The Morgan fingerprint density at radius 3 is 2.73 bits per heavy atom. The Morgan fingerprint density at radius 2 is 1.90 bits per heavy atom. The molecule has 3 aromatic rings.